The Morgan fingerprint density at radius 3 is 2.57 bits per heavy atom. The van der Waals surface area contributed by atoms with Crippen LogP contribution in [0.1, 0.15) is 24.5 Å². The van der Waals surface area contributed by atoms with Gasteiger partial charge >= 0.3 is 0 Å². The molecule has 1 rings (SSSR count). The standard InChI is InChI=1S/C15H23N3O2S/c1-11(8-9-21-3)18(2)14(19)10-12-4-6-13(7-5-12)15(16)17-20/h4-7,11,20H,8-10H2,1-3H3,(H2,16,17). The molecule has 0 aliphatic heterocycles. The monoisotopic (exact) mass is 309 g/mol. The number of nitrogens with zero attached hydrogens (tertiary/aromatic N) is 2. The fourth-order valence-electron chi connectivity index (χ4n) is 1.88. The van der Waals surface area contributed by atoms with Crippen molar-refractivity contribution in [1.82, 2.24) is 4.90 Å². The molecule has 0 aliphatic carbocycles. The van der Waals surface area contributed by atoms with Crippen LogP contribution in [-0.4, -0.2) is 46.9 Å². The fourth-order valence-corrected chi connectivity index (χ4v) is 2.46. The number of carbonyl (C=O) groups is 1. The molecule has 116 valence electrons. The second-order valence-corrected chi connectivity index (χ2v) is 5.98. The first-order chi connectivity index (χ1) is 9.99. The summed E-state index contributed by atoms with van der Waals surface area (Å²) < 4.78 is 0. The molecule has 21 heavy (non-hydrogen) atoms. The van der Waals surface area contributed by atoms with E-state index in [0.717, 1.165) is 17.7 Å². The van der Waals surface area contributed by atoms with Crippen molar-refractivity contribution in [1.29, 1.82) is 0 Å². The van der Waals surface area contributed by atoms with Gasteiger partial charge in [-0.15, -0.1) is 0 Å². The van der Waals surface area contributed by atoms with Gasteiger partial charge in [-0.05, 0) is 30.9 Å². The first-order valence-electron chi connectivity index (χ1n) is 6.81. The average Bonchev–Trinajstić information content (AvgIpc) is 2.51. The molecule has 0 aromatic heterocycles. The van der Waals surface area contributed by atoms with Crippen molar-refractivity contribution in [2.45, 2.75) is 25.8 Å². The summed E-state index contributed by atoms with van der Waals surface area (Å²) in [6.45, 7) is 2.07. The van der Waals surface area contributed by atoms with E-state index in [-0.39, 0.29) is 17.8 Å². The molecule has 1 atom stereocenters. The van der Waals surface area contributed by atoms with Gasteiger partial charge in [-0.2, -0.15) is 11.8 Å². The number of nitrogens with two attached hydrogens (primary N) is 1. The normalized spacial score (nSPS) is 13.0. The van der Waals surface area contributed by atoms with Gasteiger partial charge in [0.1, 0.15) is 0 Å². The molecule has 0 aliphatic rings. The predicted octanol–water partition coefficient (Wildman–Crippen LogP) is 1.92. The number of benzene rings is 1. The van der Waals surface area contributed by atoms with Crippen LogP contribution < -0.4 is 5.73 Å². The summed E-state index contributed by atoms with van der Waals surface area (Å²) in [5.41, 5.74) is 7.05. The molecule has 5 nitrogen and oxygen atoms in total. The van der Waals surface area contributed by atoms with E-state index >= 15 is 0 Å². The topological polar surface area (TPSA) is 78.9 Å². The van der Waals surface area contributed by atoms with E-state index in [1.54, 1.807) is 28.8 Å². The van der Waals surface area contributed by atoms with Crippen LogP contribution in [0.4, 0.5) is 0 Å². The number of hydrogen-bond acceptors (Lipinski definition) is 4. The van der Waals surface area contributed by atoms with E-state index in [9.17, 15) is 4.79 Å². The average molecular weight is 309 g/mol. The van der Waals surface area contributed by atoms with Gasteiger partial charge in [-0.25, -0.2) is 0 Å². The maximum Gasteiger partial charge on any atom is 0.226 e. The highest BCUT2D eigenvalue weighted by Gasteiger charge is 2.15. The molecule has 0 saturated carbocycles. The van der Waals surface area contributed by atoms with Crippen LogP contribution in [-0.2, 0) is 11.2 Å². The third-order valence-electron chi connectivity index (χ3n) is 3.51. The SMILES string of the molecule is CSCCC(C)N(C)C(=O)Cc1ccc(/C(N)=N/O)cc1. The molecular weight excluding hydrogens is 286 g/mol. The predicted molar refractivity (Wildman–Crippen MR) is 87.9 cm³/mol. The summed E-state index contributed by atoms with van der Waals surface area (Å²) in [5, 5.41) is 11.6. The summed E-state index contributed by atoms with van der Waals surface area (Å²) in [5.74, 6) is 1.21. The molecule has 0 radical (unpaired) electrons. The third kappa shape index (κ3) is 5.30. The van der Waals surface area contributed by atoms with Crippen LogP contribution in [0.2, 0.25) is 0 Å². The number of oxime groups is 1. The van der Waals surface area contributed by atoms with Crippen molar-refractivity contribution in [3.63, 3.8) is 0 Å². The Bertz CT molecular complexity index is 488. The summed E-state index contributed by atoms with van der Waals surface area (Å²) in [6, 6.07) is 7.38. The lowest BCUT2D eigenvalue weighted by Crippen LogP contribution is -2.36. The van der Waals surface area contributed by atoms with Crippen LogP contribution in [0.25, 0.3) is 0 Å². The number of rotatable bonds is 7. The largest absolute Gasteiger partial charge is 0.409 e. The smallest absolute Gasteiger partial charge is 0.226 e. The second kappa shape index (κ2) is 8.56. The molecule has 6 heteroatoms. The van der Waals surface area contributed by atoms with Crippen molar-refractivity contribution in [3.05, 3.63) is 35.4 Å². The highest BCUT2D eigenvalue weighted by atomic mass is 32.2. The van der Waals surface area contributed by atoms with Gasteiger partial charge in [0.05, 0.1) is 6.42 Å². The lowest BCUT2D eigenvalue weighted by Gasteiger charge is -2.25. The molecule has 1 aromatic carbocycles. The van der Waals surface area contributed by atoms with Crippen molar-refractivity contribution in [3.8, 4) is 0 Å². The van der Waals surface area contributed by atoms with Crippen molar-refractivity contribution in [2.24, 2.45) is 10.9 Å². The lowest BCUT2D eigenvalue weighted by molar-refractivity contribution is -0.130. The maximum atomic E-state index is 12.2. The Balaban J connectivity index is 2.62. The molecule has 1 unspecified atom stereocenters. The Hall–Kier alpha value is -1.69. The molecule has 0 fully saturated rings. The highest BCUT2D eigenvalue weighted by Crippen LogP contribution is 2.10. The van der Waals surface area contributed by atoms with Crippen LogP contribution in [0.5, 0.6) is 0 Å². The highest BCUT2D eigenvalue weighted by molar-refractivity contribution is 7.98. The number of hydrogen-bond donors (Lipinski definition) is 2. The quantitative estimate of drug-likeness (QED) is 0.349. The fraction of sp³-hybridized carbons (Fsp3) is 0.467. The molecule has 1 amide bonds. The summed E-state index contributed by atoms with van der Waals surface area (Å²) in [6.07, 6.45) is 3.42. The number of carbonyl (C=O) groups excluding carboxylic acids is 1. The van der Waals surface area contributed by atoms with E-state index in [1.807, 2.05) is 19.2 Å². The van der Waals surface area contributed by atoms with Gasteiger partial charge in [0.25, 0.3) is 0 Å². The summed E-state index contributed by atoms with van der Waals surface area (Å²) in [4.78, 5) is 14.0. The van der Waals surface area contributed by atoms with E-state index in [0.29, 0.717) is 12.0 Å². The maximum absolute atomic E-state index is 12.2. The molecular formula is C15H23N3O2S. The van der Waals surface area contributed by atoms with Gasteiger partial charge in [0, 0.05) is 18.7 Å². The minimum absolute atomic E-state index is 0.0654. The van der Waals surface area contributed by atoms with Gasteiger partial charge in [0.15, 0.2) is 5.84 Å². The zero-order valence-corrected chi connectivity index (χ0v) is 13.6. The Kier molecular flexibility index (Phi) is 7.08. The summed E-state index contributed by atoms with van der Waals surface area (Å²) >= 11 is 1.79. The van der Waals surface area contributed by atoms with Crippen molar-refractivity contribution in [2.75, 3.05) is 19.1 Å². The Morgan fingerprint density at radius 2 is 2.05 bits per heavy atom. The molecule has 0 saturated heterocycles. The van der Waals surface area contributed by atoms with Crippen molar-refractivity contribution >= 4 is 23.5 Å². The molecule has 3 N–H and O–H groups in total. The van der Waals surface area contributed by atoms with E-state index in [4.69, 9.17) is 10.9 Å². The molecule has 0 bridgehead atoms. The minimum Gasteiger partial charge on any atom is -0.409 e. The molecule has 1 aromatic rings. The van der Waals surface area contributed by atoms with Gasteiger partial charge < -0.3 is 15.8 Å². The van der Waals surface area contributed by atoms with Gasteiger partial charge in [0.2, 0.25) is 5.91 Å². The van der Waals surface area contributed by atoms with Gasteiger partial charge in [-0.3, -0.25) is 4.79 Å². The Morgan fingerprint density at radius 1 is 1.43 bits per heavy atom. The first-order valence-corrected chi connectivity index (χ1v) is 8.20. The number of thioether (sulfide) groups is 1. The second-order valence-electron chi connectivity index (χ2n) is 4.99. The van der Waals surface area contributed by atoms with Crippen molar-refractivity contribution < 1.29 is 10.0 Å². The lowest BCUT2D eigenvalue weighted by atomic mass is 10.1. The van der Waals surface area contributed by atoms with E-state index < -0.39 is 0 Å². The van der Waals surface area contributed by atoms with Crippen LogP contribution in [0.3, 0.4) is 0 Å². The first kappa shape index (κ1) is 17.4. The number of likely N-dealkylation sites (N-methyl/N-ethyl adjacent to an activating group) is 1. The Labute approximate surface area is 130 Å². The van der Waals surface area contributed by atoms with Crippen LogP contribution >= 0.6 is 11.8 Å². The third-order valence-corrected chi connectivity index (χ3v) is 4.15. The van der Waals surface area contributed by atoms with E-state index in [2.05, 4.69) is 18.3 Å². The zero-order chi connectivity index (χ0) is 15.8. The minimum atomic E-state index is 0.0654. The summed E-state index contributed by atoms with van der Waals surface area (Å²) in [7, 11) is 1.85. The number of amides is 1. The van der Waals surface area contributed by atoms with Gasteiger partial charge in [-0.1, -0.05) is 29.4 Å². The van der Waals surface area contributed by atoms with E-state index in [1.165, 1.54) is 0 Å². The number of amidine groups is 1. The molecule has 0 heterocycles. The zero-order valence-electron chi connectivity index (χ0n) is 12.7. The molecule has 0 spiro atoms. The van der Waals surface area contributed by atoms with Crippen LogP contribution in [0.15, 0.2) is 29.4 Å². The van der Waals surface area contributed by atoms with Crippen LogP contribution in [0, 0.1) is 0 Å².